The van der Waals surface area contributed by atoms with Gasteiger partial charge in [0.1, 0.15) is 0 Å². The van der Waals surface area contributed by atoms with Crippen molar-refractivity contribution in [2.45, 2.75) is 25.4 Å². The number of benzene rings is 1. The third kappa shape index (κ3) is 4.10. The molecule has 1 aromatic carbocycles. The van der Waals surface area contributed by atoms with Gasteiger partial charge in [0.15, 0.2) is 5.82 Å². The van der Waals surface area contributed by atoms with Crippen LogP contribution in [0.2, 0.25) is 0 Å². The summed E-state index contributed by atoms with van der Waals surface area (Å²) in [6.07, 6.45) is 3.96. The molecule has 0 spiro atoms. The van der Waals surface area contributed by atoms with Crippen LogP contribution in [0, 0.1) is 6.92 Å². The molecule has 5 heteroatoms. The summed E-state index contributed by atoms with van der Waals surface area (Å²) < 4.78 is 0. The second-order valence-electron chi connectivity index (χ2n) is 7.63. The van der Waals surface area contributed by atoms with Crippen molar-refractivity contribution in [1.82, 2.24) is 19.8 Å². The molecule has 3 heterocycles. The molecular formula is C22H26N4S. The zero-order valence-corrected chi connectivity index (χ0v) is 17.0. The minimum Gasteiger partial charge on any atom is -0.305 e. The second-order valence-corrected chi connectivity index (χ2v) is 8.58. The molecule has 0 amide bonds. The predicted molar refractivity (Wildman–Crippen MR) is 112 cm³/mol. The first kappa shape index (κ1) is 18.3. The molecule has 1 saturated heterocycles. The van der Waals surface area contributed by atoms with E-state index < -0.39 is 0 Å². The van der Waals surface area contributed by atoms with E-state index in [9.17, 15) is 0 Å². The number of aromatic nitrogens is 2. The average molecular weight is 379 g/mol. The average Bonchev–Trinajstić information content (AvgIpc) is 3.33. The number of likely N-dealkylation sites (N-methyl/N-ethyl adjacent to an activating group) is 1. The van der Waals surface area contributed by atoms with Gasteiger partial charge in [0.05, 0.1) is 4.88 Å². The molecule has 2 atom stereocenters. The van der Waals surface area contributed by atoms with E-state index in [4.69, 9.17) is 0 Å². The topological polar surface area (TPSA) is 32.3 Å². The third-order valence-electron chi connectivity index (χ3n) is 5.39. The van der Waals surface area contributed by atoms with Gasteiger partial charge in [-0.3, -0.25) is 4.90 Å². The van der Waals surface area contributed by atoms with Crippen molar-refractivity contribution in [3.05, 3.63) is 70.9 Å². The van der Waals surface area contributed by atoms with Gasteiger partial charge in [-0.2, -0.15) is 0 Å². The van der Waals surface area contributed by atoms with Gasteiger partial charge < -0.3 is 4.90 Å². The number of hydrogen-bond acceptors (Lipinski definition) is 5. The van der Waals surface area contributed by atoms with Crippen molar-refractivity contribution >= 4 is 11.3 Å². The summed E-state index contributed by atoms with van der Waals surface area (Å²) in [5, 5.41) is 2.06. The smallest absolute Gasteiger partial charge is 0.169 e. The highest BCUT2D eigenvalue weighted by molar-refractivity contribution is 7.13. The van der Waals surface area contributed by atoms with Crippen LogP contribution in [0.3, 0.4) is 0 Å². The van der Waals surface area contributed by atoms with Gasteiger partial charge in [-0.05, 0) is 38.0 Å². The maximum atomic E-state index is 4.57. The second kappa shape index (κ2) is 7.89. The van der Waals surface area contributed by atoms with E-state index in [0.717, 1.165) is 30.3 Å². The maximum Gasteiger partial charge on any atom is 0.169 e. The highest BCUT2D eigenvalue weighted by Crippen LogP contribution is 2.31. The lowest BCUT2D eigenvalue weighted by molar-refractivity contribution is 0.259. The van der Waals surface area contributed by atoms with E-state index in [1.165, 1.54) is 16.7 Å². The molecule has 0 N–H and O–H groups in total. The van der Waals surface area contributed by atoms with Crippen LogP contribution >= 0.6 is 11.3 Å². The van der Waals surface area contributed by atoms with Crippen LogP contribution in [-0.4, -0.2) is 53.0 Å². The molecule has 0 bridgehead atoms. The van der Waals surface area contributed by atoms with E-state index in [-0.39, 0.29) is 0 Å². The summed E-state index contributed by atoms with van der Waals surface area (Å²) in [5.74, 6) is 1.35. The first-order valence-electron chi connectivity index (χ1n) is 9.40. The van der Waals surface area contributed by atoms with Crippen LogP contribution in [0.5, 0.6) is 0 Å². The molecule has 0 unspecified atom stereocenters. The Bertz CT molecular complexity index is 856. The van der Waals surface area contributed by atoms with Gasteiger partial charge in [0.2, 0.25) is 0 Å². The van der Waals surface area contributed by atoms with Crippen LogP contribution < -0.4 is 0 Å². The van der Waals surface area contributed by atoms with Gasteiger partial charge in [0.25, 0.3) is 0 Å². The Balaban J connectivity index is 1.47. The fraction of sp³-hybridized carbons (Fsp3) is 0.364. The Kier molecular flexibility index (Phi) is 5.34. The molecule has 0 aliphatic carbocycles. The first-order valence-corrected chi connectivity index (χ1v) is 10.3. The fourth-order valence-electron chi connectivity index (χ4n) is 3.89. The predicted octanol–water partition coefficient (Wildman–Crippen LogP) is 4.04. The number of rotatable bonds is 5. The van der Waals surface area contributed by atoms with Crippen LogP contribution in [0.4, 0.5) is 0 Å². The van der Waals surface area contributed by atoms with Crippen LogP contribution in [0.15, 0.2) is 54.2 Å². The minimum atomic E-state index is 0.527. The van der Waals surface area contributed by atoms with Crippen molar-refractivity contribution in [2.24, 2.45) is 0 Å². The summed E-state index contributed by atoms with van der Waals surface area (Å²) in [7, 11) is 4.38. The summed E-state index contributed by atoms with van der Waals surface area (Å²) in [4.78, 5) is 15.1. The highest BCUT2D eigenvalue weighted by atomic mass is 32.1. The Morgan fingerprint density at radius 1 is 1.07 bits per heavy atom. The highest BCUT2D eigenvalue weighted by Gasteiger charge is 2.35. The summed E-state index contributed by atoms with van der Waals surface area (Å²) in [5.41, 5.74) is 3.93. The third-order valence-corrected chi connectivity index (χ3v) is 6.25. The molecule has 2 aromatic heterocycles. The number of hydrogen-bond donors (Lipinski definition) is 0. The molecule has 1 fully saturated rings. The lowest BCUT2D eigenvalue weighted by Gasteiger charge is -2.25. The quantitative estimate of drug-likeness (QED) is 0.671. The zero-order chi connectivity index (χ0) is 18.8. The van der Waals surface area contributed by atoms with E-state index in [0.29, 0.717) is 12.0 Å². The van der Waals surface area contributed by atoms with Crippen molar-refractivity contribution in [2.75, 3.05) is 27.2 Å². The van der Waals surface area contributed by atoms with Gasteiger partial charge in [-0.15, -0.1) is 11.3 Å². The Hall–Kier alpha value is -2.08. The molecule has 4 rings (SSSR count). The molecule has 1 aliphatic rings. The van der Waals surface area contributed by atoms with Gasteiger partial charge in [-0.1, -0.05) is 35.9 Å². The molecule has 1 aliphatic heterocycles. The summed E-state index contributed by atoms with van der Waals surface area (Å²) >= 11 is 1.68. The normalized spacial score (nSPS) is 20.4. The van der Waals surface area contributed by atoms with Gasteiger partial charge >= 0.3 is 0 Å². The number of likely N-dealkylation sites (tertiary alicyclic amines) is 1. The Labute approximate surface area is 165 Å². The molecule has 0 saturated carbocycles. The van der Waals surface area contributed by atoms with Crippen molar-refractivity contribution in [1.29, 1.82) is 0 Å². The van der Waals surface area contributed by atoms with E-state index in [1.54, 1.807) is 11.3 Å². The molecule has 4 nitrogen and oxygen atoms in total. The Morgan fingerprint density at radius 3 is 2.44 bits per heavy atom. The molecule has 3 aromatic rings. The Morgan fingerprint density at radius 2 is 1.81 bits per heavy atom. The number of aryl methyl sites for hydroxylation is 1. The molecule has 140 valence electrons. The summed E-state index contributed by atoms with van der Waals surface area (Å²) in [6.45, 7) is 5.18. The summed E-state index contributed by atoms with van der Waals surface area (Å²) in [6, 6.07) is 13.7. The monoisotopic (exact) mass is 378 g/mol. The maximum absolute atomic E-state index is 4.57. The first-order chi connectivity index (χ1) is 13.1. The van der Waals surface area contributed by atoms with Crippen LogP contribution in [0.1, 0.15) is 22.6 Å². The van der Waals surface area contributed by atoms with E-state index in [1.807, 2.05) is 18.5 Å². The number of thiophene rings is 1. The largest absolute Gasteiger partial charge is 0.305 e. The van der Waals surface area contributed by atoms with Crippen molar-refractivity contribution in [3.63, 3.8) is 0 Å². The van der Waals surface area contributed by atoms with Crippen molar-refractivity contribution < 1.29 is 0 Å². The lowest BCUT2D eigenvalue weighted by Crippen LogP contribution is -2.34. The van der Waals surface area contributed by atoms with Crippen molar-refractivity contribution in [3.8, 4) is 10.7 Å². The van der Waals surface area contributed by atoms with Gasteiger partial charge in [-0.25, -0.2) is 9.97 Å². The SMILES string of the molecule is Cc1ccc([C@@H]2CN(Cc3cnc(-c4cccs4)nc3)C[C@H]2N(C)C)cc1. The number of nitrogens with zero attached hydrogens (tertiary/aromatic N) is 4. The standard InChI is InChI=1S/C22H26N4S/c1-16-6-8-18(9-7-16)19-14-26(15-20(19)25(2)3)13-17-11-23-22(24-12-17)21-5-4-10-27-21/h4-12,19-20H,13-15H2,1-3H3/t19-,20+/m0/s1. The van der Waals surface area contributed by atoms with E-state index in [2.05, 4.69) is 76.5 Å². The lowest BCUT2D eigenvalue weighted by atomic mass is 9.93. The molecular weight excluding hydrogens is 352 g/mol. The van der Waals surface area contributed by atoms with Crippen LogP contribution in [-0.2, 0) is 6.54 Å². The molecule has 27 heavy (non-hydrogen) atoms. The zero-order valence-electron chi connectivity index (χ0n) is 16.2. The minimum absolute atomic E-state index is 0.527. The fourth-order valence-corrected chi connectivity index (χ4v) is 4.56. The van der Waals surface area contributed by atoms with E-state index >= 15 is 0 Å². The molecule has 0 radical (unpaired) electrons. The van der Waals surface area contributed by atoms with Crippen LogP contribution in [0.25, 0.3) is 10.7 Å². The van der Waals surface area contributed by atoms with Gasteiger partial charge in [0, 0.05) is 49.6 Å².